The molecule has 1 saturated carbocycles. The molecule has 0 atom stereocenters. The Bertz CT molecular complexity index is 1130. The van der Waals surface area contributed by atoms with Crippen molar-refractivity contribution in [2.75, 3.05) is 12.4 Å². The van der Waals surface area contributed by atoms with Gasteiger partial charge in [-0.1, -0.05) is 110 Å². The molecule has 0 spiro atoms. The minimum atomic E-state index is 0.840. The van der Waals surface area contributed by atoms with E-state index in [1.54, 1.807) is 0 Å². The second kappa shape index (κ2) is 16.5. The Morgan fingerprint density at radius 2 is 1.29 bits per heavy atom. The summed E-state index contributed by atoms with van der Waals surface area (Å²) < 4.78 is 0. The number of nitrogens with one attached hydrogen (secondary N) is 1. The van der Waals surface area contributed by atoms with Gasteiger partial charge in [-0.05, 0) is 99.4 Å². The maximum atomic E-state index is 4.02. The Morgan fingerprint density at radius 1 is 0.763 bits per heavy atom. The second-order valence-electron chi connectivity index (χ2n) is 10.6. The Balaban J connectivity index is 0.000000243. The van der Waals surface area contributed by atoms with Crippen molar-refractivity contribution < 1.29 is 0 Å². The summed E-state index contributed by atoms with van der Waals surface area (Å²) in [4.78, 5) is 0. The van der Waals surface area contributed by atoms with Crippen molar-refractivity contribution in [3.63, 3.8) is 0 Å². The van der Waals surface area contributed by atoms with Crippen LogP contribution >= 0.6 is 0 Å². The van der Waals surface area contributed by atoms with Gasteiger partial charge >= 0.3 is 0 Å². The minimum absolute atomic E-state index is 0.840. The van der Waals surface area contributed by atoms with Crippen LogP contribution in [0.1, 0.15) is 85.8 Å². The SMILES string of the molecule is C=C(C)c1ccc(C)c(/C=C(\C)c2ccc(NC)cc2)c1.C=CC1CCCCCC1.Cc1ccc(C)cc1. The number of aryl methyl sites for hydroxylation is 3. The van der Waals surface area contributed by atoms with E-state index in [0.29, 0.717) is 0 Å². The lowest BCUT2D eigenvalue weighted by atomic mass is 9.98. The van der Waals surface area contributed by atoms with E-state index in [0.717, 1.165) is 17.2 Å². The first-order valence-corrected chi connectivity index (χ1v) is 14.1. The number of allylic oxidation sites excluding steroid dienone is 3. The molecule has 3 aromatic carbocycles. The Morgan fingerprint density at radius 3 is 1.76 bits per heavy atom. The lowest BCUT2D eigenvalue weighted by molar-refractivity contribution is 0.560. The van der Waals surface area contributed by atoms with E-state index in [9.17, 15) is 0 Å². The molecule has 0 saturated heterocycles. The molecule has 1 aliphatic rings. The standard InChI is InChI=1S/C20H23N.C9H16.C8H10/c1-14(2)18-7-6-15(3)19(13-18)12-16(4)17-8-10-20(21-5)11-9-17;1-2-9-7-5-3-4-6-8-9;1-7-3-5-8(2)6-4-7/h6-13,21H,1H2,2-5H3;2,9H,1,3-8H2;3-6H,1-2H3/b16-12+;;. The van der Waals surface area contributed by atoms with Crippen LogP contribution in [-0.2, 0) is 0 Å². The van der Waals surface area contributed by atoms with Crippen LogP contribution in [-0.4, -0.2) is 7.05 Å². The van der Waals surface area contributed by atoms with E-state index in [2.05, 4.69) is 125 Å². The molecule has 0 amide bonds. The molecule has 38 heavy (non-hydrogen) atoms. The van der Waals surface area contributed by atoms with E-state index in [-0.39, 0.29) is 0 Å². The van der Waals surface area contributed by atoms with Crippen molar-refractivity contribution in [2.24, 2.45) is 5.92 Å². The summed E-state index contributed by atoms with van der Waals surface area (Å²) in [6, 6.07) is 23.5. The highest BCUT2D eigenvalue weighted by molar-refractivity contribution is 5.82. The number of hydrogen-bond donors (Lipinski definition) is 1. The van der Waals surface area contributed by atoms with Crippen LogP contribution in [0, 0.1) is 26.7 Å². The molecule has 1 N–H and O–H groups in total. The van der Waals surface area contributed by atoms with Gasteiger partial charge in [0.15, 0.2) is 0 Å². The molecule has 202 valence electrons. The van der Waals surface area contributed by atoms with Crippen LogP contribution in [0.3, 0.4) is 0 Å². The highest BCUT2D eigenvalue weighted by atomic mass is 14.8. The van der Waals surface area contributed by atoms with Gasteiger partial charge < -0.3 is 5.32 Å². The first-order valence-electron chi connectivity index (χ1n) is 14.1. The van der Waals surface area contributed by atoms with Gasteiger partial charge in [0.1, 0.15) is 0 Å². The largest absolute Gasteiger partial charge is 0.388 e. The van der Waals surface area contributed by atoms with Gasteiger partial charge in [0, 0.05) is 12.7 Å². The van der Waals surface area contributed by atoms with Gasteiger partial charge in [0.2, 0.25) is 0 Å². The maximum absolute atomic E-state index is 4.02. The third-order valence-corrected chi connectivity index (χ3v) is 7.22. The molecule has 0 aliphatic heterocycles. The van der Waals surface area contributed by atoms with Crippen LogP contribution < -0.4 is 5.32 Å². The summed E-state index contributed by atoms with van der Waals surface area (Å²) in [6.45, 7) is 18.4. The highest BCUT2D eigenvalue weighted by Crippen LogP contribution is 2.24. The molecule has 3 aromatic rings. The molecule has 4 rings (SSSR count). The molecular weight excluding hydrogens is 458 g/mol. The summed E-state index contributed by atoms with van der Waals surface area (Å²) in [5.74, 6) is 0.840. The van der Waals surface area contributed by atoms with Crippen molar-refractivity contribution in [2.45, 2.75) is 73.1 Å². The predicted octanol–water partition coefficient (Wildman–Crippen LogP) is 11.1. The Hall–Kier alpha value is -3.32. The van der Waals surface area contributed by atoms with E-state index < -0.39 is 0 Å². The van der Waals surface area contributed by atoms with Gasteiger partial charge in [-0.3, -0.25) is 0 Å². The summed E-state index contributed by atoms with van der Waals surface area (Å²) in [6.07, 6.45) is 12.9. The molecule has 0 aromatic heterocycles. The Labute approximate surface area is 233 Å². The third-order valence-electron chi connectivity index (χ3n) is 7.22. The van der Waals surface area contributed by atoms with Crippen molar-refractivity contribution in [3.05, 3.63) is 119 Å². The minimum Gasteiger partial charge on any atom is -0.388 e. The molecule has 0 radical (unpaired) electrons. The molecule has 1 fully saturated rings. The molecular formula is C37H49N. The first kappa shape index (κ1) is 30.9. The zero-order chi connectivity index (χ0) is 27.9. The molecule has 1 nitrogen and oxygen atoms in total. The fourth-order valence-electron chi connectivity index (χ4n) is 4.46. The van der Waals surface area contributed by atoms with Crippen LogP contribution in [0.15, 0.2) is 86.0 Å². The zero-order valence-corrected chi connectivity index (χ0v) is 24.7. The summed E-state index contributed by atoms with van der Waals surface area (Å²) in [7, 11) is 1.93. The highest BCUT2D eigenvalue weighted by Gasteiger charge is 2.07. The number of rotatable bonds is 5. The fraction of sp³-hybridized carbons (Fsp3) is 0.351. The molecule has 1 heteroatoms. The molecule has 0 bridgehead atoms. The summed E-state index contributed by atoms with van der Waals surface area (Å²) in [5, 5.41) is 3.14. The third kappa shape index (κ3) is 11.0. The molecule has 0 unspecified atom stereocenters. The lowest BCUT2D eigenvalue weighted by Gasteiger charge is -2.08. The smallest absolute Gasteiger partial charge is 0.0337 e. The average Bonchev–Trinajstić information content (AvgIpc) is 3.21. The summed E-state index contributed by atoms with van der Waals surface area (Å²) >= 11 is 0. The second-order valence-corrected chi connectivity index (χ2v) is 10.6. The van der Waals surface area contributed by atoms with Crippen LogP contribution in [0.25, 0.3) is 17.2 Å². The van der Waals surface area contributed by atoms with Crippen LogP contribution in [0.5, 0.6) is 0 Å². The fourth-order valence-corrected chi connectivity index (χ4v) is 4.46. The van der Waals surface area contributed by atoms with Crippen molar-refractivity contribution in [1.29, 1.82) is 0 Å². The topological polar surface area (TPSA) is 12.0 Å². The van der Waals surface area contributed by atoms with Gasteiger partial charge in [-0.2, -0.15) is 0 Å². The number of benzene rings is 3. The maximum Gasteiger partial charge on any atom is 0.0337 e. The zero-order valence-electron chi connectivity index (χ0n) is 24.7. The predicted molar refractivity (Wildman–Crippen MR) is 173 cm³/mol. The molecule has 0 heterocycles. The quantitative estimate of drug-likeness (QED) is 0.206. The molecule has 1 aliphatic carbocycles. The van der Waals surface area contributed by atoms with E-state index in [1.165, 1.54) is 77.5 Å². The van der Waals surface area contributed by atoms with Crippen molar-refractivity contribution >= 4 is 22.9 Å². The van der Waals surface area contributed by atoms with E-state index >= 15 is 0 Å². The van der Waals surface area contributed by atoms with E-state index in [1.807, 2.05) is 14.0 Å². The van der Waals surface area contributed by atoms with Gasteiger partial charge in [0.25, 0.3) is 0 Å². The van der Waals surface area contributed by atoms with Crippen molar-refractivity contribution in [3.8, 4) is 0 Å². The van der Waals surface area contributed by atoms with Crippen LogP contribution in [0.4, 0.5) is 5.69 Å². The van der Waals surface area contributed by atoms with Gasteiger partial charge in [-0.25, -0.2) is 0 Å². The van der Waals surface area contributed by atoms with E-state index in [4.69, 9.17) is 0 Å². The van der Waals surface area contributed by atoms with Gasteiger partial charge in [-0.15, -0.1) is 6.58 Å². The monoisotopic (exact) mass is 507 g/mol. The van der Waals surface area contributed by atoms with Crippen LogP contribution in [0.2, 0.25) is 0 Å². The average molecular weight is 508 g/mol. The Kier molecular flexibility index (Phi) is 13.4. The summed E-state index contributed by atoms with van der Waals surface area (Å²) in [5.41, 5.74) is 11.1. The lowest BCUT2D eigenvalue weighted by Crippen LogP contribution is -1.91. The number of anilines is 1. The number of hydrogen-bond acceptors (Lipinski definition) is 1. The normalized spacial score (nSPS) is 13.7. The first-order chi connectivity index (χ1) is 18.2. The van der Waals surface area contributed by atoms with Gasteiger partial charge in [0.05, 0.1) is 0 Å². The van der Waals surface area contributed by atoms with Crippen molar-refractivity contribution in [1.82, 2.24) is 0 Å².